The van der Waals surface area contributed by atoms with E-state index in [1.807, 2.05) is 59.5 Å². The van der Waals surface area contributed by atoms with Crippen molar-refractivity contribution in [2.45, 2.75) is 5.92 Å². The average Bonchev–Trinajstić information content (AvgIpc) is 3.63. The molecule has 0 N–H and O–H groups in total. The molecular formula is C47H29F3N2. The molecule has 0 radical (unpaired) electrons. The Bertz CT molecular complexity index is 2830. The lowest BCUT2D eigenvalue weighted by molar-refractivity contribution is 0.0480. The summed E-state index contributed by atoms with van der Waals surface area (Å²) in [6.45, 7) is 0. The molecule has 1 aliphatic carbocycles. The van der Waals surface area contributed by atoms with Gasteiger partial charge in [0.15, 0.2) is 0 Å². The maximum atomic E-state index is 15.9. The van der Waals surface area contributed by atoms with Gasteiger partial charge in [-0.15, -0.1) is 0 Å². The van der Waals surface area contributed by atoms with Crippen molar-refractivity contribution in [3.8, 4) is 27.9 Å². The van der Waals surface area contributed by atoms with Crippen molar-refractivity contribution in [2.24, 2.45) is 0 Å². The first kappa shape index (κ1) is 30.3. The highest BCUT2D eigenvalue weighted by Gasteiger charge is 2.44. The second kappa shape index (κ2) is 11.5. The molecule has 1 heterocycles. The molecule has 0 fully saturated rings. The number of halogens is 3. The van der Waals surface area contributed by atoms with Crippen LogP contribution in [0.3, 0.4) is 0 Å². The maximum Gasteiger partial charge on any atom is 0.299 e. The fourth-order valence-corrected chi connectivity index (χ4v) is 7.89. The number of hydrogen-bond donors (Lipinski definition) is 0. The number of aromatic nitrogens is 1. The smallest absolute Gasteiger partial charge is 0.299 e. The summed E-state index contributed by atoms with van der Waals surface area (Å²) in [4.78, 5) is 2.05. The summed E-state index contributed by atoms with van der Waals surface area (Å²) >= 11 is 0. The molecule has 8 aromatic carbocycles. The van der Waals surface area contributed by atoms with Gasteiger partial charge in [-0.2, -0.15) is 8.78 Å². The lowest BCUT2D eigenvalue weighted by Crippen LogP contribution is -2.14. The summed E-state index contributed by atoms with van der Waals surface area (Å²) < 4.78 is 47.9. The van der Waals surface area contributed by atoms with Crippen LogP contribution in [0.2, 0.25) is 0 Å². The second-order valence-electron chi connectivity index (χ2n) is 13.3. The molecule has 0 amide bonds. The van der Waals surface area contributed by atoms with Gasteiger partial charge >= 0.3 is 0 Å². The zero-order chi connectivity index (χ0) is 35.0. The van der Waals surface area contributed by atoms with Crippen LogP contribution >= 0.6 is 0 Å². The van der Waals surface area contributed by atoms with Crippen molar-refractivity contribution in [3.63, 3.8) is 0 Å². The van der Waals surface area contributed by atoms with Crippen LogP contribution in [-0.2, 0) is 5.92 Å². The average molecular weight is 679 g/mol. The number of alkyl halides is 2. The van der Waals surface area contributed by atoms with Crippen LogP contribution < -0.4 is 4.90 Å². The number of rotatable bonds is 5. The Balaban J connectivity index is 1.10. The zero-order valence-electron chi connectivity index (χ0n) is 27.8. The van der Waals surface area contributed by atoms with Crippen LogP contribution in [0.25, 0.3) is 60.5 Å². The summed E-state index contributed by atoms with van der Waals surface area (Å²) in [6, 6.07) is 56.0. The minimum absolute atomic E-state index is 0.0125. The van der Waals surface area contributed by atoms with E-state index in [1.54, 1.807) is 36.4 Å². The van der Waals surface area contributed by atoms with E-state index < -0.39 is 5.92 Å². The van der Waals surface area contributed by atoms with E-state index in [-0.39, 0.29) is 16.9 Å². The van der Waals surface area contributed by atoms with Gasteiger partial charge in [0, 0.05) is 44.6 Å². The third-order valence-electron chi connectivity index (χ3n) is 10.4. The van der Waals surface area contributed by atoms with Crippen LogP contribution in [0.15, 0.2) is 176 Å². The van der Waals surface area contributed by atoms with E-state index in [4.69, 9.17) is 0 Å². The molecule has 10 rings (SSSR count). The summed E-state index contributed by atoms with van der Waals surface area (Å²) in [5, 5.41) is 4.40. The number of para-hydroxylation sites is 1. The van der Waals surface area contributed by atoms with Crippen molar-refractivity contribution in [1.29, 1.82) is 0 Å². The molecule has 0 saturated heterocycles. The molecule has 9 aromatic rings. The molecule has 1 aliphatic rings. The topological polar surface area (TPSA) is 8.17 Å². The zero-order valence-corrected chi connectivity index (χ0v) is 27.8. The summed E-state index contributed by atoms with van der Waals surface area (Å²) in [5.74, 6) is -3.38. The number of hydrogen-bond acceptors (Lipinski definition) is 1. The van der Waals surface area contributed by atoms with Gasteiger partial charge in [-0.3, -0.25) is 0 Å². The van der Waals surface area contributed by atoms with Gasteiger partial charge in [-0.25, -0.2) is 4.39 Å². The van der Waals surface area contributed by atoms with E-state index in [9.17, 15) is 4.39 Å². The molecule has 5 heteroatoms. The first-order valence-corrected chi connectivity index (χ1v) is 17.2. The fourth-order valence-electron chi connectivity index (χ4n) is 7.89. The minimum Gasteiger partial charge on any atom is -0.310 e. The Hall–Kier alpha value is -6.59. The maximum absolute atomic E-state index is 15.9. The quantitative estimate of drug-likeness (QED) is 0.176. The number of fused-ring (bicyclic) bond motifs is 7. The van der Waals surface area contributed by atoms with Crippen molar-refractivity contribution >= 4 is 49.6 Å². The molecule has 2 nitrogen and oxygen atoms in total. The molecule has 52 heavy (non-hydrogen) atoms. The monoisotopic (exact) mass is 678 g/mol. The van der Waals surface area contributed by atoms with E-state index in [0.717, 1.165) is 60.8 Å². The Morgan fingerprint density at radius 3 is 1.92 bits per heavy atom. The van der Waals surface area contributed by atoms with Crippen molar-refractivity contribution in [1.82, 2.24) is 4.57 Å². The Morgan fingerprint density at radius 1 is 0.442 bits per heavy atom. The van der Waals surface area contributed by atoms with E-state index in [1.165, 1.54) is 18.2 Å². The minimum atomic E-state index is -3.10. The molecule has 0 saturated carbocycles. The molecule has 1 aromatic heterocycles. The predicted octanol–water partition coefficient (Wildman–Crippen LogP) is 13.3. The van der Waals surface area contributed by atoms with Gasteiger partial charge in [-0.05, 0) is 106 Å². The van der Waals surface area contributed by atoms with Crippen molar-refractivity contribution < 1.29 is 13.2 Å². The predicted molar refractivity (Wildman–Crippen MR) is 207 cm³/mol. The van der Waals surface area contributed by atoms with Gasteiger partial charge in [0.2, 0.25) is 0 Å². The number of nitrogens with zero attached hydrogens (tertiary/aromatic N) is 2. The Kier molecular flexibility index (Phi) is 6.67. The normalized spacial score (nSPS) is 13.1. The van der Waals surface area contributed by atoms with Gasteiger partial charge in [-0.1, -0.05) is 103 Å². The van der Waals surface area contributed by atoms with Crippen LogP contribution in [-0.4, -0.2) is 4.57 Å². The lowest BCUT2D eigenvalue weighted by atomic mass is 10.0. The Morgan fingerprint density at radius 2 is 1.08 bits per heavy atom. The van der Waals surface area contributed by atoms with E-state index in [0.29, 0.717) is 16.8 Å². The second-order valence-corrected chi connectivity index (χ2v) is 13.3. The Labute approximate surface area is 298 Å². The van der Waals surface area contributed by atoms with Gasteiger partial charge in [0.05, 0.1) is 11.0 Å². The first-order chi connectivity index (χ1) is 25.4. The molecule has 0 aliphatic heterocycles. The highest BCUT2D eigenvalue weighted by Crippen LogP contribution is 2.52. The highest BCUT2D eigenvalue weighted by atomic mass is 19.3. The van der Waals surface area contributed by atoms with E-state index >= 15 is 8.78 Å². The largest absolute Gasteiger partial charge is 0.310 e. The third-order valence-corrected chi connectivity index (χ3v) is 10.4. The molecular weight excluding hydrogens is 650 g/mol. The van der Waals surface area contributed by atoms with Gasteiger partial charge in [0.25, 0.3) is 5.92 Å². The summed E-state index contributed by atoms with van der Waals surface area (Å²) in [5.41, 5.74) is 8.55. The molecule has 0 spiro atoms. The van der Waals surface area contributed by atoms with Crippen LogP contribution in [0.5, 0.6) is 0 Å². The molecule has 0 atom stereocenters. The fraction of sp³-hybridized carbons (Fsp3) is 0.0213. The van der Waals surface area contributed by atoms with Crippen molar-refractivity contribution in [3.05, 3.63) is 193 Å². The van der Waals surface area contributed by atoms with Gasteiger partial charge in [0.1, 0.15) is 5.82 Å². The number of benzene rings is 8. The summed E-state index contributed by atoms with van der Waals surface area (Å²) in [7, 11) is 0. The van der Waals surface area contributed by atoms with E-state index in [2.05, 4.69) is 71.3 Å². The van der Waals surface area contributed by atoms with Crippen molar-refractivity contribution in [2.75, 3.05) is 4.90 Å². The number of anilines is 3. The third kappa shape index (κ3) is 4.66. The molecule has 0 bridgehead atoms. The highest BCUT2D eigenvalue weighted by molar-refractivity contribution is 6.10. The molecule has 248 valence electrons. The van der Waals surface area contributed by atoms with Crippen LogP contribution in [0.4, 0.5) is 30.2 Å². The van der Waals surface area contributed by atoms with Crippen LogP contribution in [0, 0.1) is 5.82 Å². The SMILES string of the molecule is Fc1ccc(-n2c3ccccc3c3ccc(-c4ccc(N(c5ccc6c(c5)C(F)(F)c5ccccc5-6)c5ccc6ccccc6c5)cc4)cc32)cc1. The van der Waals surface area contributed by atoms with Crippen LogP contribution in [0.1, 0.15) is 11.1 Å². The molecule has 0 unspecified atom stereocenters. The summed E-state index contributed by atoms with van der Waals surface area (Å²) in [6.07, 6.45) is 0. The van der Waals surface area contributed by atoms with Gasteiger partial charge < -0.3 is 9.47 Å². The standard InChI is InChI=1S/C47H29F3N2/c48-34-17-22-36(23-18-34)52-45-12-6-4-10-41(45)42-25-16-33(28-46(42)52)31-13-19-35(20-14-31)51(37-21-15-30-7-1-2-8-32(30)27-37)38-24-26-40-39-9-3-5-11-43(39)47(49,50)44(40)29-38/h1-29H. The first-order valence-electron chi connectivity index (χ1n) is 17.2. The lowest BCUT2D eigenvalue weighted by Gasteiger charge is -2.27.